The van der Waals surface area contributed by atoms with E-state index in [0.29, 0.717) is 17.9 Å². The van der Waals surface area contributed by atoms with Crippen LogP contribution in [0.2, 0.25) is 0 Å². The summed E-state index contributed by atoms with van der Waals surface area (Å²) in [6, 6.07) is 8.48. The predicted molar refractivity (Wildman–Crippen MR) is 135 cm³/mol. The van der Waals surface area contributed by atoms with Crippen LogP contribution in [0.3, 0.4) is 0 Å². The second-order valence-corrected chi connectivity index (χ2v) is 11.2. The van der Waals surface area contributed by atoms with Crippen LogP contribution in [0.15, 0.2) is 29.4 Å². The van der Waals surface area contributed by atoms with Gasteiger partial charge in [0.05, 0.1) is 5.25 Å². The molecule has 1 amide bonds. The number of carbonyl (C=O) groups is 1. The van der Waals surface area contributed by atoms with Crippen molar-refractivity contribution in [2.75, 3.05) is 0 Å². The van der Waals surface area contributed by atoms with Gasteiger partial charge < -0.3 is 14.6 Å². The predicted octanol–water partition coefficient (Wildman–Crippen LogP) is 6.13. The smallest absolute Gasteiger partial charge is 0.233 e. The Balaban J connectivity index is 1.74. The number of benzene rings is 1. The first-order chi connectivity index (χ1) is 15.8. The zero-order chi connectivity index (χ0) is 24.0. The number of ether oxygens (including phenoxy) is 1. The molecule has 1 aliphatic rings. The molecular weight excluding hydrogens is 432 g/mol. The second kappa shape index (κ2) is 11.9. The number of hydrogen-bond donors (Lipinski definition) is 1. The lowest BCUT2D eigenvalue weighted by molar-refractivity contribution is -0.121. The Bertz CT molecular complexity index is 905. The van der Waals surface area contributed by atoms with Crippen LogP contribution in [0.4, 0.5) is 0 Å². The third-order valence-electron chi connectivity index (χ3n) is 6.10. The van der Waals surface area contributed by atoms with Crippen LogP contribution >= 0.6 is 11.8 Å². The van der Waals surface area contributed by atoms with Crippen LogP contribution in [0.1, 0.15) is 97.1 Å². The molecule has 0 aliphatic heterocycles. The molecule has 1 heterocycles. The fourth-order valence-electron chi connectivity index (χ4n) is 4.31. The van der Waals surface area contributed by atoms with Crippen molar-refractivity contribution in [2.45, 2.75) is 109 Å². The third-order valence-corrected chi connectivity index (χ3v) is 7.19. The lowest BCUT2D eigenvalue weighted by Crippen LogP contribution is -2.40. The number of carbonyl (C=O) groups excluding carboxylic acids is 1. The molecule has 0 saturated heterocycles. The van der Waals surface area contributed by atoms with Crippen molar-refractivity contribution in [3.05, 3.63) is 35.7 Å². The first kappa shape index (κ1) is 25.6. The Morgan fingerprint density at radius 1 is 1.09 bits per heavy atom. The molecule has 1 aromatic heterocycles. The highest BCUT2D eigenvalue weighted by atomic mass is 32.2. The van der Waals surface area contributed by atoms with Crippen molar-refractivity contribution < 1.29 is 9.53 Å². The molecule has 0 radical (unpaired) electrons. The molecule has 2 atom stereocenters. The van der Waals surface area contributed by atoms with Gasteiger partial charge in [0.1, 0.15) is 5.75 Å². The second-order valence-electron chi connectivity index (χ2n) is 9.90. The van der Waals surface area contributed by atoms with E-state index in [9.17, 15) is 4.79 Å². The van der Waals surface area contributed by atoms with Gasteiger partial charge in [-0.05, 0) is 50.2 Å². The highest BCUT2D eigenvalue weighted by molar-refractivity contribution is 8.00. The van der Waals surface area contributed by atoms with Crippen molar-refractivity contribution in [2.24, 2.45) is 5.92 Å². The molecule has 1 saturated carbocycles. The van der Waals surface area contributed by atoms with E-state index < -0.39 is 0 Å². The molecular formula is C26H40N4O2S. The first-order valence-electron chi connectivity index (χ1n) is 12.4. The molecule has 2 unspecified atom stereocenters. The molecule has 1 fully saturated rings. The topological polar surface area (TPSA) is 69.0 Å². The average Bonchev–Trinajstić information content (AvgIpc) is 3.16. The van der Waals surface area contributed by atoms with Crippen LogP contribution in [0.25, 0.3) is 0 Å². The summed E-state index contributed by atoms with van der Waals surface area (Å²) in [7, 11) is 0. The van der Waals surface area contributed by atoms with Gasteiger partial charge in [-0.3, -0.25) is 4.79 Å². The molecule has 0 spiro atoms. The quantitative estimate of drug-likeness (QED) is 0.421. The maximum Gasteiger partial charge on any atom is 0.233 e. The summed E-state index contributed by atoms with van der Waals surface area (Å²) < 4.78 is 8.50. The Labute approximate surface area is 203 Å². The van der Waals surface area contributed by atoms with E-state index in [2.05, 4.69) is 53.8 Å². The summed E-state index contributed by atoms with van der Waals surface area (Å²) in [5.41, 5.74) is 1.18. The van der Waals surface area contributed by atoms with Crippen molar-refractivity contribution in [3.63, 3.8) is 0 Å². The first-order valence-corrected chi connectivity index (χ1v) is 13.3. The van der Waals surface area contributed by atoms with Gasteiger partial charge in [-0.15, -0.1) is 10.2 Å². The molecule has 1 N–H and O–H groups in total. The summed E-state index contributed by atoms with van der Waals surface area (Å²) in [6.07, 6.45) is 5.61. The molecule has 182 valence electrons. The lowest BCUT2D eigenvalue weighted by Gasteiger charge is -2.24. The number of nitrogens with one attached hydrogen (secondary N) is 1. The van der Waals surface area contributed by atoms with E-state index in [1.165, 1.54) is 36.6 Å². The van der Waals surface area contributed by atoms with Crippen molar-refractivity contribution >= 4 is 17.7 Å². The maximum absolute atomic E-state index is 12.8. The van der Waals surface area contributed by atoms with Gasteiger partial charge in [-0.25, -0.2) is 0 Å². The van der Waals surface area contributed by atoms with E-state index in [-0.39, 0.29) is 17.3 Å². The largest absolute Gasteiger partial charge is 0.482 e. The highest BCUT2D eigenvalue weighted by Gasteiger charge is 2.26. The number of thioether (sulfide) groups is 1. The monoisotopic (exact) mass is 472 g/mol. The lowest BCUT2D eigenvalue weighted by atomic mass is 9.95. The van der Waals surface area contributed by atoms with Gasteiger partial charge in [0.2, 0.25) is 5.91 Å². The van der Waals surface area contributed by atoms with E-state index in [0.717, 1.165) is 36.1 Å². The van der Waals surface area contributed by atoms with Crippen LogP contribution in [-0.4, -0.2) is 32.0 Å². The van der Waals surface area contributed by atoms with E-state index in [1.54, 1.807) is 0 Å². The molecule has 6 nitrogen and oxygen atoms in total. The highest BCUT2D eigenvalue weighted by Crippen LogP contribution is 2.32. The zero-order valence-electron chi connectivity index (χ0n) is 21.0. The summed E-state index contributed by atoms with van der Waals surface area (Å²) in [5.74, 6) is 2.55. The molecule has 3 rings (SSSR count). The summed E-state index contributed by atoms with van der Waals surface area (Å²) in [5, 5.41) is 12.8. The molecule has 1 aliphatic carbocycles. The van der Waals surface area contributed by atoms with Gasteiger partial charge >= 0.3 is 0 Å². The summed E-state index contributed by atoms with van der Waals surface area (Å²) in [4.78, 5) is 12.8. The van der Waals surface area contributed by atoms with Crippen molar-refractivity contribution in [3.8, 4) is 5.75 Å². The molecule has 2 aromatic rings. The Morgan fingerprint density at radius 2 is 1.79 bits per heavy atom. The minimum absolute atomic E-state index is 0.0858. The van der Waals surface area contributed by atoms with Crippen molar-refractivity contribution in [1.29, 1.82) is 0 Å². The van der Waals surface area contributed by atoms with Gasteiger partial charge in [0.25, 0.3) is 0 Å². The van der Waals surface area contributed by atoms with Crippen LogP contribution in [-0.2, 0) is 11.3 Å². The van der Waals surface area contributed by atoms with Gasteiger partial charge in [0.15, 0.2) is 17.1 Å². The van der Waals surface area contributed by atoms with Crippen LogP contribution < -0.4 is 10.1 Å². The summed E-state index contributed by atoms with van der Waals surface area (Å²) in [6.45, 7) is 13.4. The SMILES string of the molecule is CC(C)Cn1c(SC(C)C(=O)NC2CCCCC2)nnc1C(C)Oc1ccccc1C(C)C. The number of hydrogen-bond acceptors (Lipinski definition) is 5. The minimum atomic E-state index is -0.253. The van der Waals surface area contributed by atoms with Gasteiger partial charge in [-0.1, -0.05) is 76.9 Å². The normalized spacial score (nSPS) is 16.7. The fraction of sp³-hybridized carbons (Fsp3) is 0.654. The van der Waals surface area contributed by atoms with Crippen molar-refractivity contribution in [1.82, 2.24) is 20.1 Å². The number of amides is 1. The standard InChI is InChI=1S/C26H40N4O2S/c1-17(2)16-30-24(19(5)32-23-15-11-10-14-22(23)18(3)4)28-29-26(30)33-20(6)25(31)27-21-12-8-7-9-13-21/h10-11,14-15,17-21H,7-9,12-13,16H2,1-6H3,(H,27,31). The number of para-hydroxylation sites is 1. The van der Waals surface area contributed by atoms with Gasteiger partial charge in [0, 0.05) is 12.6 Å². The van der Waals surface area contributed by atoms with E-state index in [4.69, 9.17) is 4.74 Å². The molecule has 1 aromatic carbocycles. The third kappa shape index (κ3) is 6.98. The van der Waals surface area contributed by atoms with Crippen LogP contribution in [0.5, 0.6) is 5.75 Å². The summed E-state index contributed by atoms with van der Waals surface area (Å²) >= 11 is 1.48. The van der Waals surface area contributed by atoms with E-state index >= 15 is 0 Å². The molecule has 33 heavy (non-hydrogen) atoms. The van der Waals surface area contributed by atoms with E-state index in [1.807, 2.05) is 32.0 Å². The number of nitrogens with zero attached hydrogens (tertiary/aromatic N) is 3. The van der Waals surface area contributed by atoms with Gasteiger partial charge in [-0.2, -0.15) is 0 Å². The number of rotatable bonds is 10. The average molecular weight is 473 g/mol. The molecule has 7 heteroatoms. The van der Waals surface area contributed by atoms with Crippen LogP contribution in [0, 0.1) is 5.92 Å². The zero-order valence-corrected chi connectivity index (χ0v) is 21.8. The molecule has 0 bridgehead atoms. The minimum Gasteiger partial charge on any atom is -0.482 e. The Hall–Kier alpha value is -2.02. The Kier molecular flexibility index (Phi) is 9.24. The number of aromatic nitrogens is 3. The Morgan fingerprint density at radius 3 is 2.45 bits per heavy atom. The maximum atomic E-state index is 12.8. The fourth-order valence-corrected chi connectivity index (χ4v) is 5.18.